The maximum Gasteiger partial charge on any atom is 0.0915 e. The van der Waals surface area contributed by atoms with Crippen molar-refractivity contribution in [2.75, 3.05) is 0 Å². The van der Waals surface area contributed by atoms with Crippen molar-refractivity contribution in [2.45, 2.75) is 44.6 Å². The van der Waals surface area contributed by atoms with Crippen molar-refractivity contribution in [1.29, 1.82) is 5.26 Å². The van der Waals surface area contributed by atoms with Gasteiger partial charge < -0.3 is 5.11 Å². The van der Waals surface area contributed by atoms with E-state index < -0.39 is 11.5 Å². The molecule has 2 aliphatic rings. The number of nitriles is 1. The maximum absolute atomic E-state index is 10.6. The lowest BCUT2D eigenvalue weighted by Gasteiger charge is -2.31. The van der Waals surface area contributed by atoms with Crippen LogP contribution < -0.4 is 0 Å². The first-order valence-corrected chi connectivity index (χ1v) is 6.91. The minimum Gasteiger partial charge on any atom is -0.391 e. The predicted molar refractivity (Wildman–Crippen MR) is 69.9 cm³/mol. The lowest BCUT2D eigenvalue weighted by Crippen LogP contribution is -2.39. The Kier molecular flexibility index (Phi) is 2.87. The molecule has 3 rings (SSSR count). The van der Waals surface area contributed by atoms with E-state index in [4.69, 9.17) is 0 Å². The zero-order chi connectivity index (χ0) is 12.6. The van der Waals surface area contributed by atoms with Gasteiger partial charge in [-0.2, -0.15) is 5.26 Å². The van der Waals surface area contributed by atoms with Gasteiger partial charge in [0.15, 0.2) is 0 Å². The number of hydrogen-bond donors (Lipinski definition) is 1. The highest BCUT2D eigenvalue weighted by Crippen LogP contribution is 2.44. The molecule has 18 heavy (non-hydrogen) atoms. The fourth-order valence-electron chi connectivity index (χ4n) is 3.72. The minimum absolute atomic E-state index is 0.332. The van der Waals surface area contributed by atoms with Gasteiger partial charge >= 0.3 is 0 Å². The smallest absolute Gasteiger partial charge is 0.0915 e. The SMILES string of the molecule is N#CC1(C(O)C2CCCC2)Cc2ccccc2C1. The Labute approximate surface area is 108 Å². The van der Waals surface area contributed by atoms with Crippen molar-refractivity contribution in [3.63, 3.8) is 0 Å². The van der Waals surface area contributed by atoms with E-state index in [9.17, 15) is 10.4 Å². The normalized spacial score (nSPS) is 23.6. The average Bonchev–Trinajstić information content (AvgIpc) is 3.05. The monoisotopic (exact) mass is 241 g/mol. The molecule has 94 valence electrons. The summed E-state index contributed by atoms with van der Waals surface area (Å²) in [4.78, 5) is 0. The molecule has 1 unspecified atom stereocenters. The first-order valence-electron chi connectivity index (χ1n) is 6.91. The highest BCUT2D eigenvalue weighted by molar-refractivity contribution is 5.38. The van der Waals surface area contributed by atoms with Crippen LogP contribution >= 0.6 is 0 Å². The van der Waals surface area contributed by atoms with Gasteiger partial charge in [0.25, 0.3) is 0 Å². The van der Waals surface area contributed by atoms with Crippen LogP contribution in [0.25, 0.3) is 0 Å². The molecule has 0 aliphatic heterocycles. The van der Waals surface area contributed by atoms with Gasteiger partial charge in [-0.05, 0) is 42.7 Å². The molecule has 1 atom stereocenters. The van der Waals surface area contributed by atoms with Crippen LogP contribution in [0.4, 0.5) is 0 Å². The second-order valence-corrected chi connectivity index (χ2v) is 5.88. The Bertz CT molecular complexity index is 457. The molecule has 1 saturated carbocycles. The Morgan fingerprint density at radius 3 is 2.22 bits per heavy atom. The topological polar surface area (TPSA) is 44.0 Å². The highest BCUT2D eigenvalue weighted by Gasteiger charge is 2.46. The van der Waals surface area contributed by atoms with Crippen molar-refractivity contribution in [3.8, 4) is 6.07 Å². The van der Waals surface area contributed by atoms with E-state index in [0.717, 1.165) is 25.7 Å². The fraction of sp³-hybridized carbons (Fsp3) is 0.562. The van der Waals surface area contributed by atoms with Gasteiger partial charge in [-0.25, -0.2) is 0 Å². The summed E-state index contributed by atoms with van der Waals surface area (Å²) in [5, 5.41) is 20.3. The summed E-state index contributed by atoms with van der Waals surface area (Å²) in [5.74, 6) is 0.332. The number of rotatable bonds is 2. The summed E-state index contributed by atoms with van der Waals surface area (Å²) < 4.78 is 0. The van der Waals surface area contributed by atoms with Crippen molar-refractivity contribution in [3.05, 3.63) is 35.4 Å². The molecule has 1 fully saturated rings. The quantitative estimate of drug-likeness (QED) is 0.865. The van der Waals surface area contributed by atoms with Crippen LogP contribution in [0.5, 0.6) is 0 Å². The Morgan fingerprint density at radius 1 is 1.17 bits per heavy atom. The van der Waals surface area contributed by atoms with Crippen molar-refractivity contribution < 1.29 is 5.11 Å². The molecule has 2 nitrogen and oxygen atoms in total. The molecule has 1 aromatic rings. The fourth-order valence-corrected chi connectivity index (χ4v) is 3.72. The Balaban J connectivity index is 1.87. The maximum atomic E-state index is 10.6. The first-order chi connectivity index (χ1) is 8.75. The summed E-state index contributed by atoms with van der Waals surface area (Å²) in [6, 6.07) is 10.7. The molecule has 1 N–H and O–H groups in total. The van der Waals surface area contributed by atoms with Gasteiger partial charge in [-0.1, -0.05) is 37.1 Å². The van der Waals surface area contributed by atoms with E-state index >= 15 is 0 Å². The number of fused-ring (bicyclic) bond motifs is 1. The molecule has 0 amide bonds. The van der Waals surface area contributed by atoms with E-state index in [1.54, 1.807) is 0 Å². The zero-order valence-electron chi connectivity index (χ0n) is 10.6. The lowest BCUT2D eigenvalue weighted by molar-refractivity contribution is 0.0199. The number of hydrogen-bond acceptors (Lipinski definition) is 2. The molecule has 0 radical (unpaired) electrons. The lowest BCUT2D eigenvalue weighted by atomic mass is 9.74. The summed E-state index contributed by atoms with van der Waals surface area (Å²) >= 11 is 0. The minimum atomic E-state index is -0.571. The third-order valence-electron chi connectivity index (χ3n) is 4.77. The molecule has 0 heterocycles. The van der Waals surface area contributed by atoms with Crippen LogP contribution in [-0.4, -0.2) is 11.2 Å². The van der Waals surface area contributed by atoms with Gasteiger partial charge in [-0.15, -0.1) is 0 Å². The van der Waals surface area contributed by atoms with E-state index in [1.165, 1.54) is 24.0 Å². The summed E-state index contributed by atoms with van der Waals surface area (Å²) in [6.07, 6.45) is 5.56. The van der Waals surface area contributed by atoms with E-state index in [-0.39, 0.29) is 0 Å². The van der Waals surface area contributed by atoms with Crippen LogP contribution in [-0.2, 0) is 12.8 Å². The molecule has 2 heteroatoms. The van der Waals surface area contributed by atoms with Crippen molar-refractivity contribution in [2.24, 2.45) is 11.3 Å². The molecule has 0 aromatic heterocycles. The van der Waals surface area contributed by atoms with Crippen molar-refractivity contribution in [1.82, 2.24) is 0 Å². The molecule has 2 aliphatic carbocycles. The van der Waals surface area contributed by atoms with Gasteiger partial charge in [-0.3, -0.25) is 0 Å². The van der Waals surface area contributed by atoms with Gasteiger partial charge in [0.1, 0.15) is 0 Å². The average molecular weight is 241 g/mol. The number of benzene rings is 1. The van der Waals surface area contributed by atoms with Crippen LogP contribution in [0, 0.1) is 22.7 Å². The van der Waals surface area contributed by atoms with E-state index in [1.807, 2.05) is 12.1 Å². The standard InChI is InChI=1S/C16H19NO/c17-11-16(15(18)12-5-1-2-6-12)9-13-7-3-4-8-14(13)10-16/h3-4,7-8,12,15,18H,1-2,5-6,9-10H2. The summed E-state index contributed by atoms with van der Waals surface area (Å²) in [5.41, 5.74) is 1.92. The Morgan fingerprint density at radius 2 is 1.72 bits per heavy atom. The predicted octanol–water partition coefficient (Wildman–Crippen LogP) is 2.85. The largest absolute Gasteiger partial charge is 0.391 e. The Hall–Kier alpha value is -1.33. The van der Waals surface area contributed by atoms with Crippen LogP contribution in [0.2, 0.25) is 0 Å². The van der Waals surface area contributed by atoms with Crippen LogP contribution in [0.3, 0.4) is 0 Å². The second-order valence-electron chi connectivity index (χ2n) is 5.88. The van der Waals surface area contributed by atoms with Gasteiger partial charge in [0.2, 0.25) is 0 Å². The molecular formula is C16H19NO. The molecule has 0 bridgehead atoms. The third kappa shape index (κ3) is 1.74. The highest BCUT2D eigenvalue weighted by atomic mass is 16.3. The summed E-state index contributed by atoms with van der Waals surface area (Å²) in [6.45, 7) is 0. The molecule has 1 aromatic carbocycles. The van der Waals surface area contributed by atoms with E-state index in [0.29, 0.717) is 5.92 Å². The van der Waals surface area contributed by atoms with Crippen molar-refractivity contribution >= 4 is 0 Å². The second kappa shape index (κ2) is 4.40. The third-order valence-corrected chi connectivity index (χ3v) is 4.77. The van der Waals surface area contributed by atoms with Gasteiger partial charge in [0, 0.05) is 0 Å². The molecule has 0 saturated heterocycles. The number of aliphatic hydroxyl groups is 1. The molecular weight excluding hydrogens is 222 g/mol. The van der Waals surface area contributed by atoms with Gasteiger partial charge in [0.05, 0.1) is 17.6 Å². The van der Waals surface area contributed by atoms with E-state index in [2.05, 4.69) is 18.2 Å². The summed E-state index contributed by atoms with van der Waals surface area (Å²) in [7, 11) is 0. The first kappa shape index (κ1) is 11.7. The van der Waals surface area contributed by atoms with Crippen LogP contribution in [0.1, 0.15) is 36.8 Å². The number of nitrogens with zero attached hydrogens (tertiary/aromatic N) is 1. The zero-order valence-corrected chi connectivity index (χ0v) is 10.6. The number of aliphatic hydroxyl groups excluding tert-OH is 1. The molecule has 0 spiro atoms. The van der Waals surface area contributed by atoms with Crippen LogP contribution in [0.15, 0.2) is 24.3 Å².